The Morgan fingerprint density at radius 2 is 1.96 bits per heavy atom. The molecule has 3 saturated carbocycles. The minimum atomic E-state index is 0.403. The monoisotopic (exact) mass is 323 g/mol. The maximum Gasteiger partial charge on any atom is 0.00956 e. The molecule has 0 spiro atoms. The zero-order chi connectivity index (χ0) is 16.8. The molecule has 3 fully saturated rings. The molecule has 130 valence electrons. The number of hydrogen-bond acceptors (Lipinski definition) is 1. The molecule has 0 aromatic carbocycles. The lowest BCUT2D eigenvalue weighted by molar-refractivity contribution is -0.245. The summed E-state index contributed by atoms with van der Waals surface area (Å²) in [5, 5.41) is 0. The summed E-state index contributed by atoms with van der Waals surface area (Å²) in [6.45, 7) is 11.2. The third-order valence-electron chi connectivity index (χ3n) is 8.44. The third kappa shape index (κ3) is 1.88. The van der Waals surface area contributed by atoms with E-state index >= 15 is 0 Å². The van der Waals surface area contributed by atoms with Crippen molar-refractivity contribution in [1.82, 2.24) is 0 Å². The summed E-state index contributed by atoms with van der Waals surface area (Å²) in [7, 11) is 0. The molecular formula is C23H33N. The molecule has 7 unspecified atom stereocenters. The highest BCUT2D eigenvalue weighted by atomic mass is 14.7. The van der Waals surface area contributed by atoms with Crippen LogP contribution in [0.1, 0.15) is 59.3 Å². The minimum Gasteiger partial charge on any atom is -0.403 e. The fraction of sp³-hybridized carbons (Fsp3) is 0.739. The predicted molar refractivity (Wildman–Crippen MR) is 100 cm³/mol. The number of allylic oxidation sites excluding steroid dienone is 5. The van der Waals surface area contributed by atoms with Crippen molar-refractivity contribution >= 4 is 0 Å². The second-order valence-electron chi connectivity index (χ2n) is 10.2. The fourth-order valence-corrected chi connectivity index (χ4v) is 7.06. The second kappa shape index (κ2) is 4.80. The molecule has 0 radical (unpaired) electrons. The Hall–Kier alpha value is -0.980. The summed E-state index contributed by atoms with van der Waals surface area (Å²) in [6, 6.07) is 0. The maximum atomic E-state index is 5.84. The average Bonchev–Trinajstić information content (AvgIpc) is 3.07. The zero-order valence-corrected chi connectivity index (χ0v) is 15.6. The summed E-state index contributed by atoms with van der Waals surface area (Å²) >= 11 is 0. The summed E-state index contributed by atoms with van der Waals surface area (Å²) in [5.41, 5.74) is 12.4. The van der Waals surface area contributed by atoms with Crippen LogP contribution in [0, 0.1) is 46.8 Å². The Kier molecular flexibility index (Phi) is 3.06. The van der Waals surface area contributed by atoms with Gasteiger partial charge in [0.1, 0.15) is 0 Å². The first-order valence-corrected chi connectivity index (χ1v) is 10.3. The summed E-state index contributed by atoms with van der Waals surface area (Å²) in [5.74, 6) is 7.08. The van der Waals surface area contributed by atoms with Crippen LogP contribution in [0.15, 0.2) is 35.1 Å². The zero-order valence-electron chi connectivity index (χ0n) is 15.6. The van der Waals surface area contributed by atoms with E-state index in [2.05, 4.69) is 33.4 Å². The van der Waals surface area contributed by atoms with Crippen LogP contribution in [0.3, 0.4) is 0 Å². The highest BCUT2D eigenvalue weighted by molar-refractivity contribution is 5.71. The van der Waals surface area contributed by atoms with E-state index in [0.717, 1.165) is 53.5 Å². The Balaban J connectivity index is 1.30. The van der Waals surface area contributed by atoms with Gasteiger partial charge < -0.3 is 5.73 Å². The van der Waals surface area contributed by atoms with Crippen LogP contribution in [0.5, 0.6) is 0 Å². The van der Waals surface area contributed by atoms with Crippen LogP contribution < -0.4 is 5.73 Å². The first kappa shape index (κ1) is 15.3. The molecule has 0 saturated heterocycles. The highest BCUT2D eigenvalue weighted by Gasteiger charge is 2.70. The van der Waals surface area contributed by atoms with Gasteiger partial charge in [-0.2, -0.15) is 0 Å². The van der Waals surface area contributed by atoms with Crippen molar-refractivity contribution in [3.63, 3.8) is 0 Å². The molecule has 0 heterocycles. The van der Waals surface area contributed by atoms with E-state index in [1.165, 1.54) is 32.1 Å². The van der Waals surface area contributed by atoms with Crippen molar-refractivity contribution < 1.29 is 0 Å². The van der Waals surface area contributed by atoms with Gasteiger partial charge in [-0.15, -0.1) is 0 Å². The maximum absolute atomic E-state index is 5.84. The van der Waals surface area contributed by atoms with Crippen LogP contribution in [0.2, 0.25) is 0 Å². The van der Waals surface area contributed by atoms with Crippen LogP contribution in [0.25, 0.3) is 0 Å². The molecular weight excluding hydrogens is 290 g/mol. The van der Waals surface area contributed by atoms with Gasteiger partial charge in [0.2, 0.25) is 0 Å². The number of fused-ring (bicyclic) bond motifs is 4. The van der Waals surface area contributed by atoms with Crippen molar-refractivity contribution in [1.29, 1.82) is 0 Å². The van der Waals surface area contributed by atoms with Gasteiger partial charge in [-0.05, 0) is 96.2 Å². The lowest BCUT2D eigenvalue weighted by atomic mass is 9.30. The van der Waals surface area contributed by atoms with Crippen LogP contribution in [0.4, 0.5) is 0 Å². The minimum absolute atomic E-state index is 0.403. The molecule has 0 amide bonds. The molecule has 1 nitrogen and oxygen atoms in total. The van der Waals surface area contributed by atoms with E-state index in [1.54, 1.807) is 5.57 Å². The molecule has 0 aromatic heterocycles. The van der Waals surface area contributed by atoms with Crippen LogP contribution in [-0.2, 0) is 0 Å². The van der Waals surface area contributed by atoms with Gasteiger partial charge in [0, 0.05) is 11.6 Å². The van der Waals surface area contributed by atoms with Gasteiger partial charge in [-0.25, -0.2) is 0 Å². The summed E-state index contributed by atoms with van der Waals surface area (Å²) in [4.78, 5) is 0. The molecule has 24 heavy (non-hydrogen) atoms. The summed E-state index contributed by atoms with van der Waals surface area (Å²) < 4.78 is 0. The smallest absolute Gasteiger partial charge is 0.00956 e. The quantitative estimate of drug-likeness (QED) is 0.662. The molecule has 0 aromatic rings. The van der Waals surface area contributed by atoms with E-state index in [1.807, 2.05) is 11.1 Å². The molecule has 0 aliphatic heterocycles. The Bertz CT molecular complexity index is 664. The van der Waals surface area contributed by atoms with E-state index < -0.39 is 0 Å². The van der Waals surface area contributed by atoms with Crippen molar-refractivity contribution in [2.45, 2.75) is 59.3 Å². The Morgan fingerprint density at radius 3 is 2.54 bits per heavy atom. The largest absolute Gasteiger partial charge is 0.403 e. The first-order valence-electron chi connectivity index (χ1n) is 10.3. The topological polar surface area (TPSA) is 26.0 Å². The molecule has 2 N–H and O–H groups in total. The predicted octanol–water partition coefficient (Wildman–Crippen LogP) is 5.45. The molecule has 5 rings (SSSR count). The number of rotatable bonds is 7. The van der Waals surface area contributed by atoms with Gasteiger partial charge in [-0.1, -0.05) is 33.4 Å². The van der Waals surface area contributed by atoms with Crippen molar-refractivity contribution in [2.24, 2.45) is 52.6 Å². The van der Waals surface area contributed by atoms with Gasteiger partial charge in [0.15, 0.2) is 0 Å². The molecule has 0 bridgehead atoms. The first-order chi connectivity index (χ1) is 11.4. The van der Waals surface area contributed by atoms with Crippen molar-refractivity contribution in [3.8, 4) is 0 Å². The van der Waals surface area contributed by atoms with Gasteiger partial charge in [0.25, 0.3) is 0 Å². The fourth-order valence-electron chi connectivity index (χ4n) is 7.06. The van der Waals surface area contributed by atoms with Gasteiger partial charge >= 0.3 is 0 Å². The number of nitrogens with two attached hydrogens (primary N) is 1. The van der Waals surface area contributed by atoms with Crippen LogP contribution >= 0.6 is 0 Å². The van der Waals surface area contributed by atoms with E-state index in [0.29, 0.717) is 5.41 Å². The van der Waals surface area contributed by atoms with Crippen LogP contribution in [-0.4, -0.2) is 0 Å². The highest BCUT2D eigenvalue weighted by Crippen LogP contribution is 2.77. The van der Waals surface area contributed by atoms with E-state index in [-0.39, 0.29) is 0 Å². The average molecular weight is 324 g/mol. The van der Waals surface area contributed by atoms with Crippen molar-refractivity contribution in [3.05, 3.63) is 35.1 Å². The normalized spacial score (nSPS) is 44.0. The van der Waals surface area contributed by atoms with E-state index in [4.69, 9.17) is 5.73 Å². The molecule has 7 atom stereocenters. The van der Waals surface area contributed by atoms with Gasteiger partial charge in [-0.3, -0.25) is 0 Å². The molecule has 1 heteroatoms. The standard InChI is InChI=1S/C23H33N/c1-5-13-16-10-17(19(13)16)21-18(11-23(3,4)9-8-12(2)24)20-14-6-7-15(14)22(20)21/h10,13-15,18,20-22H,2,5-9,11,24H2,1,3-4H3. The molecule has 5 aliphatic carbocycles. The Labute approximate surface area is 147 Å². The second-order valence-corrected chi connectivity index (χ2v) is 10.2. The van der Waals surface area contributed by atoms with Gasteiger partial charge in [0.05, 0.1) is 0 Å². The van der Waals surface area contributed by atoms with Crippen molar-refractivity contribution in [2.75, 3.05) is 0 Å². The molecule has 5 aliphatic rings. The SMILES string of the molecule is C=C(N)CCC(C)(C)CC1C(C2=CC3=C2C3CC)C2C3CCC3C12. The van der Waals surface area contributed by atoms with E-state index in [9.17, 15) is 0 Å². The lowest BCUT2D eigenvalue weighted by Gasteiger charge is -2.74. The Morgan fingerprint density at radius 1 is 1.25 bits per heavy atom. The third-order valence-corrected chi connectivity index (χ3v) is 8.44. The number of hydrogen-bond donors (Lipinski definition) is 1. The lowest BCUT2D eigenvalue weighted by Crippen LogP contribution is -2.69. The summed E-state index contributed by atoms with van der Waals surface area (Å²) in [6.07, 6.45) is 10.6.